The fourth-order valence-corrected chi connectivity index (χ4v) is 2.34. The molecule has 1 atom stereocenters. The Morgan fingerprint density at radius 2 is 2.40 bits per heavy atom. The fourth-order valence-electron chi connectivity index (χ4n) is 1.67. The van der Waals surface area contributed by atoms with E-state index in [4.69, 9.17) is 0 Å². The van der Waals surface area contributed by atoms with Crippen LogP contribution in [0.3, 0.4) is 0 Å². The van der Waals surface area contributed by atoms with Gasteiger partial charge in [0.2, 0.25) is 0 Å². The highest BCUT2D eigenvalue weighted by Gasteiger charge is 2.05. The standard InChI is InChI=1S/C13H21NS/c1-3-5-7-13(6-4-2)14-10-12-8-9-15-11-12/h3,8-9,11,13-14H,1,4-7,10H2,2H3. The summed E-state index contributed by atoms with van der Waals surface area (Å²) in [5, 5.41) is 7.96. The quantitative estimate of drug-likeness (QED) is 0.657. The molecule has 0 aliphatic carbocycles. The zero-order valence-electron chi connectivity index (χ0n) is 9.54. The monoisotopic (exact) mass is 223 g/mol. The van der Waals surface area contributed by atoms with Crippen molar-refractivity contribution in [2.75, 3.05) is 0 Å². The van der Waals surface area contributed by atoms with E-state index >= 15 is 0 Å². The summed E-state index contributed by atoms with van der Waals surface area (Å²) in [5.41, 5.74) is 1.40. The topological polar surface area (TPSA) is 12.0 Å². The third-order valence-corrected chi connectivity index (χ3v) is 3.26. The van der Waals surface area contributed by atoms with E-state index in [-0.39, 0.29) is 0 Å². The molecule has 0 amide bonds. The average Bonchev–Trinajstić information content (AvgIpc) is 2.75. The zero-order chi connectivity index (χ0) is 10.9. The minimum Gasteiger partial charge on any atom is -0.310 e. The average molecular weight is 223 g/mol. The molecule has 0 radical (unpaired) electrons. The Labute approximate surface area is 97.2 Å². The maximum Gasteiger partial charge on any atom is 0.0216 e. The van der Waals surface area contributed by atoms with Crippen molar-refractivity contribution in [2.24, 2.45) is 0 Å². The van der Waals surface area contributed by atoms with E-state index in [2.05, 4.69) is 35.6 Å². The lowest BCUT2D eigenvalue weighted by molar-refractivity contribution is 0.450. The predicted molar refractivity (Wildman–Crippen MR) is 69.3 cm³/mol. The minimum atomic E-state index is 0.646. The fraction of sp³-hybridized carbons (Fsp3) is 0.538. The molecule has 0 aliphatic heterocycles. The maximum atomic E-state index is 3.78. The molecule has 15 heavy (non-hydrogen) atoms. The summed E-state index contributed by atoms with van der Waals surface area (Å²) in [7, 11) is 0. The van der Waals surface area contributed by atoms with Crippen LogP contribution < -0.4 is 5.32 Å². The Morgan fingerprint density at radius 3 is 3.00 bits per heavy atom. The van der Waals surface area contributed by atoms with Gasteiger partial charge in [0.05, 0.1) is 0 Å². The first-order valence-electron chi connectivity index (χ1n) is 5.72. The van der Waals surface area contributed by atoms with Crippen molar-refractivity contribution in [3.63, 3.8) is 0 Å². The molecule has 2 heteroatoms. The van der Waals surface area contributed by atoms with Crippen LogP contribution in [0.2, 0.25) is 0 Å². The van der Waals surface area contributed by atoms with Crippen LogP contribution in [-0.4, -0.2) is 6.04 Å². The third kappa shape index (κ3) is 5.14. The lowest BCUT2D eigenvalue weighted by Crippen LogP contribution is -2.28. The highest BCUT2D eigenvalue weighted by Crippen LogP contribution is 2.09. The molecule has 1 nitrogen and oxygen atoms in total. The van der Waals surface area contributed by atoms with Crippen molar-refractivity contribution in [1.29, 1.82) is 0 Å². The minimum absolute atomic E-state index is 0.646. The van der Waals surface area contributed by atoms with Crippen LogP contribution >= 0.6 is 11.3 Å². The number of nitrogens with one attached hydrogen (secondary N) is 1. The Hall–Kier alpha value is -0.600. The van der Waals surface area contributed by atoms with Gasteiger partial charge in [0.15, 0.2) is 0 Å². The summed E-state index contributed by atoms with van der Waals surface area (Å²) in [6.07, 6.45) is 6.84. The van der Waals surface area contributed by atoms with Gasteiger partial charge in [-0.3, -0.25) is 0 Å². The molecule has 0 saturated heterocycles. The SMILES string of the molecule is C=CCCC(CCC)NCc1ccsc1. The summed E-state index contributed by atoms with van der Waals surface area (Å²) in [6.45, 7) is 7.03. The lowest BCUT2D eigenvalue weighted by atomic mass is 10.1. The smallest absolute Gasteiger partial charge is 0.0216 e. The van der Waals surface area contributed by atoms with Crippen molar-refractivity contribution in [3.05, 3.63) is 35.0 Å². The molecule has 0 spiro atoms. The van der Waals surface area contributed by atoms with Gasteiger partial charge in [-0.2, -0.15) is 11.3 Å². The van der Waals surface area contributed by atoms with Gasteiger partial charge in [0, 0.05) is 12.6 Å². The van der Waals surface area contributed by atoms with Gasteiger partial charge in [-0.25, -0.2) is 0 Å². The van der Waals surface area contributed by atoms with Gasteiger partial charge in [0.1, 0.15) is 0 Å². The van der Waals surface area contributed by atoms with E-state index in [0.717, 1.165) is 13.0 Å². The third-order valence-electron chi connectivity index (χ3n) is 2.53. The highest BCUT2D eigenvalue weighted by atomic mass is 32.1. The van der Waals surface area contributed by atoms with E-state index in [1.807, 2.05) is 6.08 Å². The second kappa shape index (κ2) is 7.66. The molecular weight excluding hydrogens is 202 g/mol. The molecule has 0 aliphatic rings. The molecule has 1 heterocycles. The first kappa shape index (κ1) is 12.5. The van der Waals surface area contributed by atoms with Crippen molar-refractivity contribution in [1.82, 2.24) is 5.32 Å². The van der Waals surface area contributed by atoms with E-state index in [0.29, 0.717) is 6.04 Å². The molecule has 0 fully saturated rings. The Bertz CT molecular complexity index is 254. The van der Waals surface area contributed by atoms with E-state index in [1.165, 1.54) is 24.8 Å². The van der Waals surface area contributed by atoms with Gasteiger partial charge in [-0.15, -0.1) is 6.58 Å². The Balaban J connectivity index is 2.27. The summed E-state index contributed by atoms with van der Waals surface area (Å²) in [5.74, 6) is 0. The number of hydrogen-bond acceptors (Lipinski definition) is 2. The van der Waals surface area contributed by atoms with E-state index < -0.39 is 0 Å². The first-order chi connectivity index (χ1) is 7.36. The molecule has 1 unspecified atom stereocenters. The van der Waals surface area contributed by atoms with Gasteiger partial charge >= 0.3 is 0 Å². The molecule has 1 aromatic heterocycles. The second-order valence-corrected chi connectivity index (χ2v) is 4.64. The largest absolute Gasteiger partial charge is 0.310 e. The molecular formula is C13H21NS. The van der Waals surface area contributed by atoms with Crippen LogP contribution in [0.4, 0.5) is 0 Å². The van der Waals surface area contributed by atoms with Crippen LogP contribution in [0.5, 0.6) is 0 Å². The summed E-state index contributed by atoms with van der Waals surface area (Å²) < 4.78 is 0. The molecule has 0 aromatic carbocycles. The van der Waals surface area contributed by atoms with Crippen molar-refractivity contribution >= 4 is 11.3 Å². The van der Waals surface area contributed by atoms with Gasteiger partial charge < -0.3 is 5.32 Å². The van der Waals surface area contributed by atoms with Crippen LogP contribution in [0.25, 0.3) is 0 Å². The number of rotatable bonds is 8. The Kier molecular flexibility index (Phi) is 6.37. The normalized spacial score (nSPS) is 12.6. The van der Waals surface area contributed by atoms with Crippen LogP contribution in [0.15, 0.2) is 29.5 Å². The molecule has 1 rings (SSSR count). The molecule has 1 aromatic rings. The Morgan fingerprint density at radius 1 is 1.53 bits per heavy atom. The molecule has 0 saturated carbocycles. The highest BCUT2D eigenvalue weighted by molar-refractivity contribution is 7.07. The van der Waals surface area contributed by atoms with Gasteiger partial charge in [0.25, 0.3) is 0 Å². The number of hydrogen-bond donors (Lipinski definition) is 1. The zero-order valence-corrected chi connectivity index (χ0v) is 10.4. The van der Waals surface area contributed by atoms with Gasteiger partial charge in [-0.1, -0.05) is 19.4 Å². The van der Waals surface area contributed by atoms with E-state index in [1.54, 1.807) is 11.3 Å². The van der Waals surface area contributed by atoms with Crippen LogP contribution in [0.1, 0.15) is 38.2 Å². The second-order valence-electron chi connectivity index (χ2n) is 3.86. The van der Waals surface area contributed by atoms with Crippen molar-refractivity contribution in [3.8, 4) is 0 Å². The molecule has 0 bridgehead atoms. The van der Waals surface area contributed by atoms with E-state index in [9.17, 15) is 0 Å². The maximum absolute atomic E-state index is 3.78. The molecule has 84 valence electrons. The summed E-state index contributed by atoms with van der Waals surface area (Å²) >= 11 is 1.77. The number of thiophene rings is 1. The molecule has 1 N–H and O–H groups in total. The van der Waals surface area contributed by atoms with Crippen molar-refractivity contribution in [2.45, 2.75) is 45.2 Å². The number of allylic oxidation sites excluding steroid dienone is 1. The van der Waals surface area contributed by atoms with Crippen LogP contribution in [-0.2, 0) is 6.54 Å². The van der Waals surface area contributed by atoms with Crippen LogP contribution in [0, 0.1) is 0 Å². The first-order valence-corrected chi connectivity index (χ1v) is 6.66. The summed E-state index contributed by atoms with van der Waals surface area (Å²) in [6, 6.07) is 2.83. The predicted octanol–water partition coefficient (Wildman–Crippen LogP) is 3.97. The lowest BCUT2D eigenvalue weighted by Gasteiger charge is -2.16. The van der Waals surface area contributed by atoms with Gasteiger partial charge in [-0.05, 0) is 41.7 Å². The summed E-state index contributed by atoms with van der Waals surface area (Å²) in [4.78, 5) is 0. The van der Waals surface area contributed by atoms with Crippen molar-refractivity contribution < 1.29 is 0 Å².